The quantitative estimate of drug-likeness (QED) is 0.613. The number of pyridine rings is 1. The van der Waals surface area contributed by atoms with Crippen LogP contribution in [-0.2, 0) is 15.7 Å². The van der Waals surface area contributed by atoms with E-state index in [1.54, 1.807) is 4.90 Å². The minimum atomic E-state index is -4.64. The average Bonchev–Trinajstić information content (AvgIpc) is 2.95. The molecule has 1 aromatic heterocycles. The Labute approximate surface area is 141 Å². The fourth-order valence-electron chi connectivity index (χ4n) is 3.42. The fraction of sp³-hybridized carbons (Fsp3) is 0.533. The topological polar surface area (TPSA) is 66.2 Å². The van der Waals surface area contributed by atoms with Gasteiger partial charge in [-0.2, -0.15) is 18.4 Å². The molecule has 5 nitrogen and oxygen atoms in total. The molecule has 1 saturated carbocycles. The average molecular weight is 360 g/mol. The van der Waals surface area contributed by atoms with Crippen molar-refractivity contribution in [3.63, 3.8) is 0 Å². The summed E-state index contributed by atoms with van der Waals surface area (Å²) < 4.78 is 43.4. The molecule has 0 radical (unpaired) electrons. The van der Waals surface area contributed by atoms with Gasteiger partial charge in [0.1, 0.15) is 22.5 Å². The molecule has 1 aliphatic carbocycles. The van der Waals surface area contributed by atoms with Crippen molar-refractivity contribution in [1.82, 2.24) is 4.98 Å². The summed E-state index contributed by atoms with van der Waals surface area (Å²) >= 11 is 5.76. The fourth-order valence-corrected chi connectivity index (χ4v) is 3.65. The van der Waals surface area contributed by atoms with E-state index in [1.165, 1.54) is 7.11 Å². The van der Waals surface area contributed by atoms with Crippen LogP contribution in [0.1, 0.15) is 17.7 Å². The minimum Gasteiger partial charge on any atom is -0.469 e. The van der Waals surface area contributed by atoms with Crippen LogP contribution in [0, 0.1) is 29.1 Å². The van der Waals surface area contributed by atoms with Gasteiger partial charge in [0, 0.05) is 19.5 Å². The Morgan fingerprint density at radius 3 is 2.62 bits per heavy atom. The lowest BCUT2D eigenvalue weighted by Crippen LogP contribution is -2.26. The molecular formula is C15H13ClF3N3O2. The summed E-state index contributed by atoms with van der Waals surface area (Å²) in [7, 11) is 1.32. The van der Waals surface area contributed by atoms with E-state index in [9.17, 15) is 23.2 Å². The molecule has 9 heteroatoms. The van der Waals surface area contributed by atoms with Crippen molar-refractivity contribution in [2.75, 3.05) is 25.1 Å². The maximum atomic E-state index is 12.9. The molecule has 3 rings (SSSR count). The van der Waals surface area contributed by atoms with E-state index < -0.39 is 17.0 Å². The number of piperidine rings is 1. The van der Waals surface area contributed by atoms with Crippen molar-refractivity contribution < 1.29 is 22.7 Å². The summed E-state index contributed by atoms with van der Waals surface area (Å²) in [4.78, 5) is 16.3. The molecule has 1 aliphatic heterocycles. The molecule has 24 heavy (non-hydrogen) atoms. The van der Waals surface area contributed by atoms with Crippen LogP contribution in [-0.4, -0.2) is 31.2 Å². The zero-order valence-electron chi connectivity index (χ0n) is 12.6. The van der Waals surface area contributed by atoms with Gasteiger partial charge >= 0.3 is 12.1 Å². The molecule has 2 fully saturated rings. The van der Waals surface area contributed by atoms with Crippen LogP contribution in [0.4, 0.5) is 18.9 Å². The maximum Gasteiger partial charge on any atom is 0.433 e. The van der Waals surface area contributed by atoms with E-state index >= 15 is 0 Å². The van der Waals surface area contributed by atoms with Crippen molar-refractivity contribution in [3.8, 4) is 6.07 Å². The number of ether oxygens (including phenoxy) is 1. The number of alkyl halides is 3. The summed E-state index contributed by atoms with van der Waals surface area (Å²) in [5.41, 5.74) is -1.03. The molecule has 0 aromatic carbocycles. The van der Waals surface area contributed by atoms with E-state index in [2.05, 4.69) is 9.72 Å². The molecule has 1 aromatic rings. The maximum absolute atomic E-state index is 12.9. The Kier molecular flexibility index (Phi) is 4.08. The number of methoxy groups -OCH3 is 1. The van der Waals surface area contributed by atoms with Crippen LogP contribution in [0.25, 0.3) is 0 Å². The van der Waals surface area contributed by atoms with Crippen molar-refractivity contribution in [1.29, 1.82) is 5.26 Å². The molecule has 128 valence electrons. The first-order valence-corrected chi connectivity index (χ1v) is 7.63. The Bertz CT molecular complexity index is 720. The van der Waals surface area contributed by atoms with Gasteiger partial charge < -0.3 is 9.64 Å². The smallest absolute Gasteiger partial charge is 0.433 e. The van der Waals surface area contributed by atoms with Gasteiger partial charge in [0.05, 0.1) is 12.8 Å². The lowest BCUT2D eigenvalue weighted by Gasteiger charge is -2.24. The lowest BCUT2D eigenvalue weighted by atomic mass is 10.1. The number of fused-ring (bicyclic) bond motifs is 1. The second kappa shape index (κ2) is 5.81. The van der Waals surface area contributed by atoms with E-state index in [-0.39, 0.29) is 35.0 Å². The molecular weight excluding hydrogens is 347 g/mol. The Hall–Kier alpha value is -2.01. The van der Waals surface area contributed by atoms with E-state index in [0.717, 1.165) is 6.07 Å². The molecule has 3 atom stereocenters. The van der Waals surface area contributed by atoms with Crippen LogP contribution in [0.15, 0.2) is 6.07 Å². The molecule has 0 N–H and O–H groups in total. The highest BCUT2D eigenvalue weighted by molar-refractivity contribution is 6.31. The van der Waals surface area contributed by atoms with Gasteiger partial charge in [0.15, 0.2) is 0 Å². The number of aromatic nitrogens is 1. The molecule has 0 bridgehead atoms. The van der Waals surface area contributed by atoms with Crippen molar-refractivity contribution in [3.05, 3.63) is 22.5 Å². The second-order valence-corrected chi connectivity index (χ2v) is 6.34. The number of halogens is 4. The van der Waals surface area contributed by atoms with Crippen LogP contribution < -0.4 is 4.90 Å². The number of rotatable bonds is 3. The molecule has 1 unspecified atom stereocenters. The number of esters is 1. The van der Waals surface area contributed by atoms with Gasteiger partial charge in [0.2, 0.25) is 0 Å². The van der Waals surface area contributed by atoms with Gasteiger partial charge in [-0.3, -0.25) is 4.79 Å². The SMILES string of the molecule is COC(=O)CC1[C@H]2CN(c3cc(C(F)(F)F)nc(Cl)c3C#N)C[C@@H]12. The number of nitriles is 1. The van der Waals surface area contributed by atoms with Crippen LogP contribution >= 0.6 is 11.6 Å². The first-order chi connectivity index (χ1) is 11.3. The Morgan fingerprint density at radius 1 is 1.50 bits per heavy atom. The Morgan fingerprint density at radius 2 is 2.12 bits per heavy atom. The normalized spacial score (nSPS) is 25.2. The molecule has 1 saturated heterocycles. The van der Waals surface area contributed by atoms with Gasteiger partial charge in [0.25, 0.3) is 0 Å². The Balaban J connectivity index is 1.81. The minimum absolute atomic E-state index is 0.0597. The van der Waals surface area contributed by atoms with Gasteiger partial charge in [-0.1, -0.05) is 11.6 Å². The van der Waals surface area contributed by atoms with Crippen LogP contribution in [0.5, 0.6) is 0 Å². The monoisotopic (exact) mass is 359 g/mol. The zero-order valence-corrected chi connectivity index (χ0v) is 13.4. The first-order valence-electron chi connectivity index (χ1n) is 7.25. The van der Waals surface area contributed by atoms with Crippen molar-refractivity contribution in [2.24, 2.45) is 17.8 Å². The third-order valence-electron chi connectivity index (χ3n) is 4.70. The number of carbonyl (C=O) groups excluding carboxylic acids is 1. The summed E-state index contributed by atoms with van der Waals surface area (Å²) in [5, 5.41) is 8.74. The van der Waals surface area contributed by atoms with Gasteiger partial charge in [-0.25, -0.2) is 4.98 Å². The number of anilines is 1. The van der Waals surface area contributed by atoms with E-state index in [0.29, 0.717) is 19.5 Å². The standard InChI is InChI=1S/C15H13ClF3N3O2/c1-24-13(23)2-7-9-5-22(6-10(7)9)11-3-12(15(17,18)19)21-14(16)8(11)4-20/h3,7,9-10H,2,5-6H2,1H3/t7?,9-,10+. The molecule has 0 amide bonds. The molecule has 2 aliphatic rings. The number of nitrogens with zero attached hydrogens (tertiary/aromatic N) is 3. The number of hydrogen-bond donors (Lipinski definition) is 0. The highest BCUT2D eigenvalue weighted by atomic mass is 35.5. The van der Waals surface area contributed by atoms with Gasteiger partial charge in [-0.15, -0.1) is 0 Å². The van der Waals surface area contributed by atoms with E-state index in [1.807, 2.05) is 6.07 Å². The largest absolute Gasteiger partial charge is 0.469 e. The molecule has 0 spiro atoms. The van der Waals surface area contributed by atoms with Crippen molar-refractivity contribution in [2.45, 2.75) is 12.6 Å². The second-order valence-electron chi connectivity index (χ2n) is 5.98. The summed E-state index contributed by atoms with van der Waals surface area (Å²) in [6.45, 7) is 0.970. The number of carbonyl (C=O) groups is 1. The molecule has 2 heterocycles. The predicted molar refractivity (Wildman–Crippen MR) is 78.3 cm³/mol. The third kappa shape index (κ3) is 2.88. The summed E-state index contributed by atoms with van der Waals surface area (Å²) in [6.07, 6.45) is -4.32. The van der Waals surface area contributed by atoms with E-state index in [4.69, 9.17) is 11.6 Å². The number of hydrogen-bond acceptors (Lipinski definition) is 5. The zero-order chi connectivity index (χ0) is 17.6. The third-order valence-corrected chi connectivity index (χ3v) is 4.97. The summed E-state index contributed by atoms with van der Waals surface area (Å²) in [6, 6.07) is 2.69. The summed E-state index contributed by atoms with van der Waals surface area (Å²) in [5.74, 6) is 0.345. The first kappa shape index (κ1) is 16.8. The highest BCUT2D eigenvalue weighted by Gasteiger charge is 2.56. The lowest BCUT2D eigenvalue weighted by molar-refractivity contribution is -0.142. The van der Waals surface area contributed by atoms with Crippen LogP contribution in [0.3, 0.4) is 0 Å². The van der Waals surface area contributed by atoms with Crippen molar-refractivity contribution >= 4 is 23.3 Å². The van der Waals surface area contributed by atoms with Crippen LogP contribution in [0.2, 0.25) is 5.15 Å². The predicted octanol–water partition coefficient (Wildman–Crippen LogP) is 2.87. The van der Waals surface area contributed by atoms with Gasteiger partial charge in [-0.05, 0) is 23.8 Å². The highest BCUT2D eigenvalue weighted by Crippen LogP contribution is 2.55.